The zero-order chi connectivity index (χ0) is 15.3. The molecule has 0 bridgehead atoms. The van der Waals surface area contributed by atoms with Crippen LogP contribution in [-0.4, -0.2) is 30.3 Å². The summed E-state index contributed by atoms with van der Waals surface area (Å²) in [6.07, 6.45) is 7.39. The van der Waals surface area contributed by atoms with E-state index in [4.69, 9.17) is 10.5 Å². The normalized spacial score (nSPS) is 27.5. The number of nitrogen functional groups attached to an aromatic ring is 1. The fourth-order valence-corrected chi connectivity index (χ4v) is 3.77. The van der Waals surface area contributed by atoms with Gasteiger partial charge in [0.25, 0.3) is 0 Å². The van der Waals surface area contributed by atoms with Gasteiger partial charge < -0.3 is 15.8 Å². The summed E-state index contributed by atoms with van der Waals surface area (Å²) < 4.78 is 6.28. The summed E-state index contributed by atoms with van der Waals surface area (Å²) in [5.74, 6) is 1.35. The van der Waals surface area contributed by atoms with Gasteiger partial charge in [0.2, 0.25) is 0 Å². The first kappa shape index (κ1) is 16.2. The van der Waals surface area contributed by atoms with Crippen molar-refractivity contribution in [3.05, 3.63) is 23.9 Å². The SMILES string of the molecule is CCOC1(C(Cc2cccnc2N)NC)CCCC(C)C1. The molecule has 1 fully saturated rings. The van der Waals surface area contributed by atoms with Gasteiger partial charge in [-0.1, -0.05) is 25.8 Å². The maximum absolute atomic E-state index is 6.28. The second-order valence-corrected chi connectivity index (χ2v) is 6.29. The third-order valence-electron chi connectivity index (χ3n) is 4.76. The van der Waals surface area contributed by atoms with Crippen LogP contribution in [0.3, 0.4) is 0 Å². The fourth-order valence-electron chi connectivity index (χ4n) is 3.77. The molecular weight excluding hydrogens is 262 g/mol. The van der Waals surface area contributed by atoms with Crippen LogP contribution in [0.15, 0.2) is 18.3 Å². The number of nitrogens with zero attached hydrogens (tertiary/aromatic N) is 1. The van der Waals surface area contributed by atoms with E-state index in [-0.39, 0.29) is 11.6 Å². The van der Waals surface area contributed by atoms with E-state index >= 15 is 0 Å². The number of aromatic nitrogens is 1. The molecule has 0 amide bonds. The molecule has 1 saturated carbocycles. The molecule has 118 valence electrons. The van der Waals surface area contributed by atoms with Crippen molar-refractivity contribution in [1.29, 1.82) is 0 Å². The standard InChI is InChI=1S/C17H29N3O/c1-4-21-17(9-5-7-13(2)12-17)15(19-3)11-14-8-6-10-20-16(14)18/h6,8,10,13,15,19H,4-5,7,9,11-12H2,1-3H3,(H2,18,20). The molecule has 4 nitrogen and oxygen atoms in total. The lowest BCUT2D eigenvalue weighted by Gasteiger charge is -2.45. The van der Waals surface area contributed by atoms with Crippen LogP contribution in [0.2, 0.25) is 0 Å². The summed E-state index contributed by atoms with van der Waals surface area (Å²) in [6, 6.07) is 4.29. The van der Waals surface area contributed by atoms with E-state index in [9.17, 15) is 0 Å². The first-order chi connectivity index (χ1) is 10.1. The molecule has 3 N–H and O–H groups in total. The molecular formula is C17H29N3O. The van der Waals surface area contributed by atoms with Crippen molar-refractivity contribution in [2.75, 3.05) is 19.4 Å². The minimum absolute atomic E-state index is 0.0799. The van der Waals surface area contributed by atoms with Crippen LogP contribution >= 0.6 is 0 Å². The Hall–Kier alpha value is -1.13. The van der Waals surface area contributed by atoms with E-state index in [0.29, 0.717) is 11.7 Å². The molecule has 3 unspecified atom stereocenters. The number of pyridine rings is 1. The van der Waals surface area contributed by atoms with Crippen LogP contribution in [0.1, 0.15) is 45.1 Å². The number of hydrogen-bond donors (Lipinski definition) is 2. The molecule has 1 heterocycles. The number of ether oxygens (including phenoxy) is 1. The highest BCUT2D eigenvalue weighted by Crippen LogP contribution is 2.38. The first-order valence-corrected chi connectivity index (χ1v) is 8.12. The zero-order valence-electron chi connectivity index (χ0n) is 13.6. The molecule has 1 aromatic rings. The van der Waals surface area contributed by atoms with E-state index in [1.807, 2.05) is 13.1 Å². The first-order valence-electron chi connectivity index (χ1n) is 8.12. The van der Waals surface area contributed by atoms with Gasteiger partial charge in [-0.25, -0.2) is 4.98 Å². The van der Waals surface area contributed by atoms with E-state index in [2.05, 4.69) is 30.2 Å². The highest BCUT2D eigenvalue weighted by molar-refractivity contribution is 5.39. The van der Waals surface area contributed by atoms with Gasteiger partial charge in [0, 0.05) is 18.8 Å². The Labute approximate surface area is 128 Å². The maximum atomic E-state index is 6.28. The summed E-state index contributed by atoms with van der Waals surface area (Å²) in [4.78, 5) is 4.20. The minimum Gasteiger partial charge on any atom is -0.383 e. The topological polar surface area (TPSA) is 60.2 Å². The minimum atomic E-state index is -0.0799. The summed E-state index contributed by atoms with van der Waals surface area (Å²) >= 11 is 0. The number of hydrogen-bond acceptors (Lipinski definition) is 4. The zero-order valence-corrected chi connectivity index (χ0v) is 13.6. The average molecular weight is 291 g/mol. The lowest BCUT2D eigenvalue weighted by Crippen LogP contribution is -2.55. The maximum Gasteiger partial charge on any atom is 0.126 e. The van der Waals surface area contributed by atoms with Crippen LogP contribution in [0.25, 0.3) is 0 Å². The van der Waals surface area contributed by atoms with Gasteiger partial charge >= 0.3 is 0 Å². The summed E-state index contributed by atoms with van der Waals surface area (Å²) in [6.45, 7) is 5.18. The molecule has 0 aliphatic heterocycles. The van der Waals surface area contributed by atoms with Crippen molar-refractivity contribution in [2.45, 2.75) is 57.6 Å². The molecule has 1 aliphatic rings. The second kappa shape index (κ2) is 7.23. The Balaban J connectivity index is 2.21. The predicted octanol–water partition coefficient (Wildman–Crippen LogP) is 2.78. The quantitative estimate of drug-likeness (QED) is 0.846. The van der Waals surface area contributed by atoms with Gasteiger partial charge in [-0.15, -0.1) is 0 Å². The van der Waals surface area contributed by atoms with Crippen molar-refractivity contribution in [2.24, 2.45) is 5.92 Å². The summed E-state index contributed by atoms with van der Waals surface area (Å²) in [5.41, 5.74) is 7.04. The highest BCUT2D eigenvalue weighted by Gasteiger charge is 2.42. The Morgan fingerprint density at radius 3 is 3.00 bits per heavy atom. The summed E-state index contributed by atoms with van der Waals surface area (Å²) in [7, 11) is 2.03. The van der Waals surface area contributed by atoms with Gasteiger partial charge in [0.05, 0.1) is 5.60 Å². The number of nitrogens with two attached hydrogens (primary N) is 1. The Morgan fingerprint density at radius 1 is 1.57 bits per heavy atom. The third-order valence-corrected chi connectivity index (χ3v) is 4.76. The van der Waals surface area contributed by atoms with Crippen LogP contribution in [-0.2, 0) is 11.2 Å². The molecule has 3 atom stereocenters. The average Bonchev–Trinajstić information content (AvgIpc) is 2.46. The molecule has 0 aromatic carbocycles. The molecule has 1 aliphatic carbocycles. The second-order valence-electron chi connectivity index (χ2n) is 6.29. The van der Waals surface area contributed by atoms with Crippen LogP contribution in [0.4, 0.5) is 5.82 Å². The number of likely N-dealkylation sites (N-methyl/N-ethyl adjacent to an activating group) is 1. The van der Waals surface area contributed by atoms with Crippen LogP contribution in [0.5, 0.6) is 0 Å². The lowest BCUT2D eigenvalue weighted by atomic mass is 9.73. The molecule has 4 heteroatoms. The van der Waals surface area contributed by atoms with E-state index < -0.39 is 0 Å². The Kier molecular flexibility index (Phi) is 5.59. The molecule has 0 saturated heterocycles. The Bertz CT molecular complexity index is 447. The van der Waals surface area contributed by atoms with Crippen molar-refractivity contribution < 1.29 is 4.74 Å². The monoisotopic (exact) mass is 291 g/mol. The van der Waals surface area contributed by atoms with Gasteiger partial charge in [-0.3, -0.25) is 0 Å². The van der Waals surface area contributed by atoms with Gasteiger partial charge in [0.15, 0.2) is 0 Å². The van der Waals surface area contributed by atoms with Gasteiger partial charge in [0.1, 0.15) is 5.82 Å². The number of anilines is 1. The molecule has 1 aromatic heterocycles. The van der Waals surface area contributed by atoms with Crippen LogP contribution < -0.4 is 11.1 Å². The molecule has 0 radical (unpaired) electrons. The predicted molar refractivity (Wildman–Crippen MR) is 87.2 cm³/mol. The number of rotatable bonds is 6. The lowest BCUT2D eigenvalue weighted by molar-refractivity contribution is -0.0988. The highest BCUT2D eigenvalue weighted by atomic mass is 16.5. The van der Waals surface area contributed by atoms with Gasteiger partial charge in [-0.05, 0) is 50.8 Å². The molecule has 21 heavy (non-hydrogen) atoms. The van der Waals surface area contributed by atoms with Crippen LogP contribution in [0, 0.1) is 5.92 Å². The number of nitrogens with one attached hydrogen (secondary N) is 1. The third kappa shape index (κ3) is 3.74. The van der Waals surface area contributed by atoms with Crippen molar-refractivity contribution in [3.63, 3.8) is 0 Å². The van der Waals surface area contributed by atoms with E-state index in [0.717, 1.165) is 31.4 Å². The smallest absolute Gasteiger partial charge is 0.126 e. The molecule has 2 rings (SSSR count). The van der Waals surface area contributed by atoms with Gasteiger partial charge in [-0.2, -0.15) is 0 Å². The molecule has 0 spiro atoms. The Morgan fingerprint density at radius 2 is 2.38 bits per heavy atom. The van der Waals surface area contributed by atoms with E-state index in [1.165, 1.54) is 12.8 Å². The van der Waals surface area contributed by atoms with Crippen molar-refractivity contribution >= 4 is 5.82 Å². The van der Waals surface area contributed by atoms with Crippen molar-refractivity contribution in [3.8, 4) is 0 Å². The largest absolute Gasteiger partial charge is 0.383 e. The fraction of sp³-hybridized carbons (Fsp3) is 0.706. The van der Waals surface area contributed by atoms with E-state index in [1.54, 1.807) is 6.20 Å². The van der Waals surface area contributed by atoms with Crippen molar-refractivity contribution in [1.82, 2.24) is 10.3 Å². The summed E-state index contributed by atoms with van der Waals surface area (Å²) in [5, 5.41) is 3.49.